The smallest absolute Gasteiger partial charge is 0.192 e. The number of hydrogen-bond acceptors (Lipinski definition) is 1. The minimum Gasteiger partial charge on any atom is -0.224 e. The van der Waals surface area contributed by atoms with E-state index in [4.69, 9.17) is 0 Å². The summed E-state index contributed by atoms with van der Waals surface area (Å²) in [7, 11) is 0. The van der Waals surface area contributed by atoms with Crippen molar-refractivity contribution in [3.63, 3.8) is 0 Å². The van der Waals surface area contributed by atoms with Gasteiger partial charge in [0.1, 0.15) is 0 Å². The molecule has 1 unspecified atom stereocenters. The highest BCUT2D eigenvalue weighted by molar-refractivity contribution is 5.83. The lowest BCUT2D eigenvalue weighted by Crippen LogP contribution is -2.12. The SMILES string of the molecule is CC1Cc2ccccc2N=C1F. The lowest BCUT2D eigenvalue weighted by molar-refractivity contribution is 0.635. The molecule has 0 bridgehead atoms. The maximum Gasteiger partial charge on any atom is 0.192 e. The number of nitrogens with zero attached hydrogens (tertiary/aromatic N) is 1. The lowest BCUT2D eigenvalue weighted by Gasteiger charge is -2.15. The quantitative estimate of drug-likeness (QED) is 0.557. The molecule has 0 aromatic heterocycles. The number of hydrogen-bond donors (Lipinski definition) is 0. The molecular weight excluding hydrogens is 153 g/mol. The molecule has 1 heterocycles. The van der Waals surface area contributed by atoms with E-state index in [2.05, 4.69) is 4.99 Å². The minimum atomic E-state index is -0.242. The Morgan fingerprint density at radius 1 is 1.42 bits per heavy atom. The van der Waals surface area contributed by atoms with Gasteiger partial charge in [-0.25, -0.2) is 4.99 Å². The Hall–Kier alpha value is -1.18. The maximum atomic E-state index is 13.0. The van der Waals surface area contributed by atoms with Gasteiger partial charge in [0.2, 0.25) is 0 Å². The second-order valence-electron chi connectivity index (χ2n) is 3.17. The molecular formula is C10H10FN. The molecule has 0 saturated carbocycles. The fourth-order valence-electron chi connectivity index (χ4n) is 1.43. The summed E-state index contributed by atoms with van der Waals surface area (Å²) in [6.45, 7) is 1.86. The summed E-state index contributed by atoms with van der Waals surface area (Å²) in [5.41, 5.74) is 1.93. The molecule has 0 aliphatic carbocycles. The molecule has 12 heavy (non-hydrogen) atoms. The monoisotopic (exact) mass is 163 g/mol. The van der Waals surface area contributed by atoms with Crippen molar-refractivity contribution in [3.05, 3.63) is 29.8 Å². The van der Waals surface area contributed by atoms with E-state index in [1.807, 2.05) is 31.2 Å². The highest BCUT2D eigenvalue weighted by Gasteiger charge is 2.18. The molecule has 2 heteroatoms. The van der Waals surface area contributed by atoms with Gasteiger partial charge >= 0.3 is 0 Å². The van der Waals surface area contributed by atoms with Gasteiger partial charge < -0.3 is 0 Å². The first-order valence-electron chi connectivity index (χ1n) is 4.09. The molecule has 1 aliphatic heterocycles. The predicted molar refractivity (Wildman–Crippen MR) is 47.5 cm³/mol. The first kappa shape index (κ1) is 7.47. The van der Waals surface area contributed by atoms with Crippen molar-refractivity contribution in [2.45, 2.75) is 13.3 Å². The third-order valence-corrected chi connectivity index (χ3v) is 2.15. The number of halogens is 1. The second kappa shape index (κ2) is 2.70. The van der Waals surface area contributed by atoms with Crippen LogP contribution in [0.3, 0.4) is 0 Å². The molecule has 62 valence electrons. The molecule has 1 aliphatic rings. The zero-order valence-electron chi connectivity index (χ0n) is 6.92. The number of benzene rings is 1. The van der Waals surface area contributed by atoms with Gasteiger partial charge in [-0.2, -0.15) is 4.39 Å². The summed E-state index contributed by atoms with van der Waals surface area (Å²) in [5.74, 6) is -0.298. The summed E-state index contributed by atoms with van der Waals surface area (Å²) in [4.78, 5) is 3.88. The van der Waals surface area contributed by atoms with E-state index in [0.717, 1.165) is 17.7 Å². The second-order valence-corrected chi connectivity index (χ2v) is 3.17. The molecule has 0 radical (unpaired) electrons. The van der Waals surface area contributed by atoms with Crippen LogP contribution < -0.4 is 0 Å². The van der Waals surface area contributed by atoms with Crippen LogP contribution in [0, 0.1) is 5.92 Å². The van der Waals surface area contributed by atoms with Gasteiger partial charge in [0.25, 0.3) is 0 Å². The Balaban J connectivity index is 2.49. The van der Waals surface area contributed by atoms with Crippen molar-refractivity contribution in [3.8, 4) is 0 Å². The van der Waals surface area contributed by atoms with Crippen molar-refractivity contribution < 1.29 is 4.39 Å². The summed E-state index contributed by atoms with van der Waals surface area (Å²) in [6, 6.07) is 7.69. The first-order valence-corrected chi connectivity index (χ1v) is 4.09. The molecule has 1 aromatic rings. The highest BCUT2D eigenvalue weighted by Crippen LogP contribution is 2.28. The third-order valence-electron chi connectivity index (χ3n) is 2.15. The number of para-hydroxylation sites is 1. The summed E-state index contributed by atoms with van der Waals surface area (Å²) in [6.07, 6.45) is 0.769. The van der Waals surface area contributed by atoms with Crippen molar-refractivity contribution in [1.82, 2.24) is 0 Å². The van der Waals surface area contributed by atoms with Crippen LogP contribution >= 0.6 is 0 Å². The average molecular weight is 163 g/mol. The summed E-state index contributed by atoms with van der Waals surface area (Å²) < 4.78 is 13.0. The molecule has 0 amide bonds. The van der Waals surface area contributed by atoms with Gasteiger partial charge in [0, 0.05) is 5.92 Å². The van der Waals surface area contributed by atoms with Gasteiger partial charge in [-0.1, -0.05) is 25.1 Å². The Labute approximate surface area is 70.9 Å². The van der Waals surface area contributed by atoms with Crippen LogP contribution in [0.25, 0.3) is 0 Å². The minimum absolute atomic E-state index is 0.0556. The van der Waals surface area contributed by atoms with Crippen molar-refractivity contribution in [2.75, 3.05) is 0 Å². The molecule has 0 N–H and O–H groups in total. The molecule has 2 rings (SSSR count). The van der Waals surface area contributed by atoms with Crippen molar-refractivity contribution in [1.29, 1.82) is 0 Å². The normalized spacial score (nSPS) is 21.5. The molecule has 0 saturated heterocycles. The topological polar surface area (TPSA) is 12.4 Å². The Morgan fingerprint density at radius 3 is 3.00 bits per heavy atom. The largest absolute Gasteiger partial charge is 0.224 e. The van der Waals surface area contributed by atoms with E-state index in [0.29, 0.717) is 0 Å². The van der Waals surface area contributed by atoms with Crippen LogP contribution in [0.2, 0.25) is 0 Å². The van der Waals surface area contributed by atoms with Crippen LogP contribution in [-0.4, -0.2) is 5.97 Å². The van der Waals surface area contributed by atoms with Crippen LogP contribution in [0.4, 0.5) is 10.1 Å². The molecule has 0 fully saturated rings. The lowest BCUT2D eigenvalue weighted by atomic mass is 9.97. The van der Waals surface area contributed by atoms with Gasteiger partial charge in [-0.3, -0.25) is 0 Å². The Bertz CT molecular complexity index is 330. The first-order chi connectivity index (χ1) is 5.77. The third kappa shape index (κ3) is 1.13. The van der Waals surface area contributed by atoms with Crippen LogP contribution in [0.15, 0.2) is 29.3 Å². The van der Waals surface area contributed by atoms with E-state index in [9.17, 15) is 4.39 Å². The standard InChI is InChI=1S/C10H10FN/c1-7-6-8-4-2-3-5-9(8)12-10(7)11/h2-5,7H,6H2,1H3. The predicted octanol–water partition coefficient (Wildman–Crippen LogP) is 2.88. The highest BCUT2D eigenvalue weighted by atomic mass is 19.1. The van der Waals surface area contributed by atoms with Crippen LogP contribution in [-0.2, 0) is 6.42 Å². The maximum absolute atomic E-state index is 13.0. The zero-order chi connectivity index (χ0) is 8.55. The molecule has 1 aromatic carbocycles. The Morgan fingerprint density at radius 2 is 2.17 bits per heavy atom. The zero-order valence-corrected chi connectivity index (χ0v) is 6.92. The number of fused-ring (bicyclic) bond motifs is 1. The summed E-state index contributed by atoms with van der Waals surface area (Å²) in [5, 5.41) is 0. The van der Waals surface area contributed by atoms with Crippen molar-refractivity contribution in [2.24, 2.45) is 10.9 Å². The molecule has 1 atom stereocenters. The fourth-order valence-corrected chi connectivity index (χ4v) is 1.43. The van der Waals surface area contributed by atoms with E-state index in [-0.39, 0.29) is 11.9 Å². The van der Waals surface area contributed by atoms with Gasteiger partial charge in [-0.15, -0.1) is 0 Å². The van der Waals surface area contributed by atoms with E-state index in [1.165, 1.54) is 0 Å². The Kier molecular flexibility index (Phi) is 1.68. The van der Waals surface area contributed by atoms with E-state index >= 15 is 0 Å². The average Bonchev–Trinajstić information content (AvgIpc) is 2.07. The van der Waals surface area contributed by atoms with E-state index < -0.39 is 0 Å². The molecule has 1 nitrogen and oxygen atoms in total. The van der Waals surface area contributed by atoms with Crippen LogP contribution in [0.5, 0.6) is 0 Å². The van der Waals surface area contributed by atoms with Crippen molar-refractivity contribution >= 4 is 11.7 Å². The molecule has 0 spiro atoms. The van der Waals surface area contributed by atoms with Crippen LogP contribution in [0.1, 0.15) is 12.5 Å². The van der Waals surface area contributed by atoms with Gasteiger partial charge in [-0.05, 0) is 18.1 Å². The number of aliphatic imine (C=N–C) groups is 1. The fraction of sp³-hybridized carbons (Fsp3) is 0.300. The van der Waals surface area contributed by atoms with Gasteiger partial charge in [0.05, 0.1) is 5.69 Å². The summed E-state index contributed by atoms with van der Waals surface area (Å²) >= 11 is 0. The van der Waals surface area contributed by atoms with Gasteiger partial charge in [0.15, 0.2) is 5.97 Å². The van der Waals surface area contributed by atoms with E-state index in [1.54, 1.807) is 0 Å². The number of rotatable bonds is 0.